The van der Waals surface area contributed by atoms with Gasteiger partial charge in [0.25, 0.3) is 5.22 Å². The van der Waals surface area contributed by atoms with Crippen molar-refractivity contribution in [2.45, 2.75) is 63.3 Å². The number of likely N-dealkylation sites (tertiary alicyclic amines) is 1. The number of benzene rings is 1. The minimum absolute atomic E-state index is 0.0154. The molecule has 3 rings (SSSR count). The third kappa shape index (κ3) is 5.87. The van der Waals surface area contributed by atoms with Crippen molar-refractivity contribution in [2.75, 3.05) is 19.7 Å². The van der Waals surface area contributed by atoms with Crippen molar-refractivity contribution < 1.29 is 18.7 Å². The molecular formula is C23H31N3O4S. The summed E-state index contributed by atoms with van der Waals surface area (Å²) in [6.07, 6.45) is 1.27. The molecule has 0 bridgehead atoms. The highest BCUT2D eigenvalue weighted by molar-refractivity contribution is 8.00. The molecule has 1 aliphatic heterocycles. The Morgan fingerprint density at radius 1 is 1.19 bits per heavy atom. The Labute approximate surface area is 187 Å². The number of piperidine rings is 1. The number of hydrogen-bond donors (Lipinski definition) is 0. The van der Waals surface area contributed by atoms with Crippen molar-refractivity contribution >= 4 is 23.6 Å². The lowest BCUT2D eigenvalue weighted by Gasteiger charge is -2.32. The van der Waals surface area contributed by atoms with Crippen LogP contribution in [-0.2, 0) is 19.7 Å². The van der Waals surface area contributed by atoms with Crippen LogP contribution in [0.2, 0.25) is 0 Å². The van der Waals surface area contributed by atoms with Crippen LogP contribution in [-0.4, -0.2) is 51.9 Å². The lowest BCUT2D eigenvalue weighted by atomic mass is 9.87. The summed E-state index contributed by atoms with van der Waals surface area (Å²) in [5.74, 6) is 0.181. The predicted molar refractivity (Wildman–Crippen MR) is 120 cm³/mol. The van der Waals surface area contributed by atoms with Gasteiger partial charge in [-0.3, -0.25) is 9.59 Å². The van der Waals surface area contributed by atoms with Crippen molar-refractivity contribution in [1.29, 1.82) is 0 Å². The van der Waals surface area contributed by atoms with Gasteiger partial charge in [0, 0.05) is 18.7 Å². The number of nitrogens with zero attached hydrogens (tertiary/aromatic N) is 3. The normalized spacial score (nSPS) is 16.2. The average molecular weight is 446 g/mol. The summed E-state index contributed by atoms with van der Waals surface area (Å²) >= 11 is 1.26. The van der Waals surface area contributed by atoms with Gasteiger partial charge in [0.1, 0.15) is 0 Å². The molecular weight excluding hydrogens is 414 g/mol. The molecule has 2 aromatic rings. The molecule has 1 aromatic carbocycles. The predicted octanol–water partition coefficient (Wildman–Crippen LogP) is 4.32. The molecule has 1 atom stereocenters. The van der Waals surface area contributed by atoms with Crippen molar-refractivity contribution in [3.8, 4) is 11.5 Å². The van der Waals surface area contributed by atoms with Crippen LogP contribution in [0.5, 0.6) is 0 Å². The highest BCUT2D eigenvalue weighted by Crippen LogP contribution is 2.30. The van der Waals surface area contributed by atoms with Crippen molar-refractivity contribution in [3.63, 3.8) is 0 Å². The highest BCUT2D eigenvalue weighted by Gasteiger charge is 2.31. The number of rotatable bonds is 6. The van der Waals surface area contributed by atoms with Gasteiger partial charge in [-0.1, -0.05) is 44.7 Å². The first kappa shape index (κ1) is 23.3. The fourth-order valence-corrected chi connectivity index (χ4v) is 4.31. The maximum Gasteiger partial charge on any atom is 0.309 e. The second kappa shape index (κ2) is 9.85. The van der Waals surface area contributed by atoms with Gasteiger partial charge >= 0.3 is 5.97 Å². The second-order valence-electron chi connectivity index (χ2n) is 8.81. The molecule has 0 N–H and O–H groups in total. The highest BCUT2D eigenvalue weighted by atomic mass is 32.2. The molecule has 0 spiro atoms. The van der Waals surface area contributed by atoms with E-state index in [1.54, 1.807) is 11.8 Å². The van der Waals surface area contributed by atoms with Gasteiger partial charge in [0.15, 0.2) is 0 Å². The van der Waals surface area contributed by atoms with E-state index in [9.17, 15) is 9.59 Å². The van der Waals surface area contributed by atoms with Gasteiger partial charge in [0.05, 0.1) is 17.8 Å². The SMILES string of the molecule is CCOC(=O)C1CCN(C(=O)C(C)Sc2nnc(-c3ccc(C(C)(C)C)cc3)o2)CC1. The van der Waals surface area contributed by atoms with Crippen molar-refractivity contribution in [1.82, 2.24) is 15.1 Å². The van der Waals surface area contributed by atoms with Crippen LogP contribution in [0.25, 0.3) is 11.5 Å². The zero-order valence-corrected chi connectivity index (χ0v) is 19.7. The number of aromatic nitrogens is 2. The fourth-order valence-electron chi connectivity index (χ4n) is 3.54. The molecule has 1 saturated heterocycles. The molecule has 0 aliphatic carbocycles. The van der Waals surface area contributed by atoms with E-state index >= 15 is 0 Å². The number of carbonyl (C=O) groups excluding carboxylic acids is 2. The Morgan fingerprint density at radius 2 is 1.84 bits per heavy atom. The Morgan fingerprint density at radius 3 is 2.42 bits per heavy atom. The van der Waals surface area contributed by atoms with Crippen LogP contribution in [0.1, 0.15) is 53.0 Å². The molecule has 1 unspecified atom stereocenters. The molecule has 168 valence electrons. The lowest BCUT2D eigenvalue weighted by molar-refractivity contribution is -0.151. The van der Waals surface area contributed by atoms with Crippen LogP contribution in [0.15, 0.2) is 33.9 Å². The van der Waals surface area contributed by atoms with Gasteiger partial charge in [-0.15, -0.1) is 10.2 Å². The van der Waals surface area contributed by atoms with Gasteiger partial charge in [0.2, 0.25) is 11.8 Å². The largest absolute Gasteiger partial charge is 0.466 e. The Balaban J connectivity index is 1.55. The van der Waals surface area contributed by atoms with Crippen LogP contribution < -0.4 is 0 Å². The number of amides is 1. The van der Waals surface area contributed by atoms with Crippen molar-refractivity contribution in [3.05, 3.63) is 29.8 Å². The number of thioether (sulfide) groups is 1. The lowest BCUT2D eigenvalue weighted by Crippen LogP contribution is -2.43. The fraction of sp³-hybridized carbons (Fsp3) is 0.565. The third-order valence-electron chi connectivity index (χ3n) is 5.46. The first-order valence-electron chi connectivity index (χ1n) is 10.8. The summed E-state index contributed by atoms with van der Waals surface area (Å²) in [5, 5.41) is 8.26. The minimum atomic E-state index is -0.351. The van der Waals surface area contributed by atoms with Gasteiger partial charge in [-0.05, 0) is 49.8 Å². The first-order valence-corrected chi connectivity index (χ1v) is 11.6. The maximum atomic E-state index is 12.8. The second-order valence-corrected chi connectivity index (χ2v) is 10.1. The summed E-state index contributed by atoms with van der Waals surface area (Å²) < 4.78 is 10.9. The summed E-state index contributed by atoms with van der Waals surface area (Å²) in [4.78, 5) is 26.5. The van der Waals surface area contributed by atoms with Crippen molar-refractivity contribution in [2.24, 2.45) is 5.92 Å². The number of ether oxygens (including phenoxy) is 1. The van der Waals surface area contributed by atoms with E-state index in [2.05, 4.69) is 43.1 Å². The standard InChI is InChI=1S/C23H31N3O4S/c1-6-29-21(28)17-11-13-26(14-12-17)20(27)15(2)31-22-25-24-19(30-22)16-7-9-18(10-8-16)23(3,4)5/h7-10,15,17H,6,11-14H2,1-5H3. The van der Waals surface area contributed by atoms with Gasteiger partial charge in [-0.25, -0.2) is 0 Å². The molecule has 31 heavy (non-hydrogen) atoms. The van der Waals surface area contributed by atoms with E-state index in [0.29, 0.717) is 43.7 Å². The van der Waals surface area contributed by atoms with Crippen LogP contribution in [0.4, 0.5) is 0 Å². The average Bonchev–Trinajstić information content (AvgIpc) is 3.21. The summed E-state index contributed by atoms with van der Waals surface area (Å²) in [5.41, 5.74) is 2.17. The van der Waals surface area contributed by atoms with E-state index in [1.807, 2.05) is 19.1 Å². The first-order chi connectivity index (χ1) is 14.7. The summed E-state index contributed by atoms with van der Waals surface area (Å²) in [6, 6.07) is 8.09. The minimum Gasteiger partial charge on any atom is -0.466 e. The summed E-state index contributed by atoms with van der Waals surface area (Å²) in [7, 11) is 0. The van der Waals surface area contributed by atoms with Crippen LogP contribution >= 0.6 is 11.8 Å². The smallest absolute Gasteiger partial charge is 0.309 e. The molecule has 0 saturated carbocycles. The Hall–Kier alpha value is -2.35. The maximum absolute atomic E-state index is 12.8. The van der Waals surface area contributed by atoms with Gasteiger partial charge in [-0.2, -0.15) is 0 Å². The molecule has 1 fully saturated rings. The van der Waals surface area contributed by atoms with E-state index in [0.717, 1.165) is 5.56 Å². The van der Waals surface area contributed by atoms with E-state index < -0.39 is 0 Å². The van der Waals surface area contributed by atoms with Gasteiger partial charge < -0.3 is 14.1 Å². The zero-order chi connectivity index (χ0) is 22.6. The molecule has 1 aliphatic rings. The molecule has 2 heterocycles. The number of hydrogen-bond acceptors (Lipinski definition) is 7. The third-order valence-corrected chi connectivity index (χ3v) is 6.38. The molecule has 7 nitrogen and oxygen atoms in total. The quantitative estimate of drug-likeness (QED) is 0.483. The monoisotopic (exact) mass is 445 g/mol. The van der Waals surface area contributed by atoms with Crippen LogP contribution in [0, 0.1) is 5.92 Å². The zero-order valence-electron chi connectivity index (χ0n) is 18.9. The Kier molecular flexibility index (Phi) is 7.41. The number of carbonyl (C=O) groups is 2. The Bertz CT molecular complexity index is 896. The van der Waals surface area contributed by atoms with E-state index in [-0.39, 0.29) is 28.5 Å². The van der Waals surface area contributed by atoms with Crippen LogP contribution in [0.3, 0.4) is 0 Å². The molecule has 1 aromatic heterocycles. The molecule has 8 heteroatoms. The number of esters is 1. The molecule has 0 radical (unpaired) electrons. The van der Waals surface area contributed by atoms with E-state index in [4.69, 9.17) is 9.15 Å². The molecule has 1 amide bonds. The summed E-state index contributed by atoms with van der Waals surface area (Å²) in [6.45, 7) is 11.7. The van der Waals surface area contributed by atoms with E-state index in [1.165, 1.54) is 17.3 Å². The topological polar surface area (TPSA) is 85.5 Å².